The number of benzene rings is 1. The van der Waals surface area contributed by atoms with Crippen LogP contribution in [0.5, 0.6) is 0 Å². The van der Waals surface area contributed by atoms with Gasteiger partial charge in [-0.2, -0.15) is 5.10 Å². The van der Waals surface area contributed by atoms with Crippen LogP contribution in [0.15, 0.2) is 35.3 Å². The predicted octanol–water partition coefficient (Wildman–Crippen LogP) is 2.86. The topological polar surface area (TPSA) is 74.5 Å². The Morgan fingerprint density at radius 2 is 1.90 bits per heavy atom. The molecule has 0 saturated carbocycles. The number of hydrogen-bond acceptors (Lipinski definition) is 3. The molecule has 1 aliphatic rings. The number of guanidine groups is 1. The summed E-state index contributed by atoms with van der Waals surface area (Å²) in [6.07, 6.45) is 2.66. The highest BCUT2D eigenvalue weighted by molar-refractivity contribution is 5.80. The van der Waals surface area contributed by atoms with E-state index in [0.717, 1.165) is 50.7 Å². The van der Waals surface area contributed by atoms with Gasteiger partial charge in [-0.25, -0.2) is 4.99 Å². The van der Waals surface area contributed by atoms with Crippen LogP contribution in [0.3, 0.4) is 0 Å². The quantitative estimate of drug-likeness (QED) is 0.529. The first-order valence-electron chi connectivity index (χ1n) is 11.3. The molecule has 0 atom stereocenters. The average molecular weight is 425 g/mol. The summed E-state index contributed by atoms with van der Waals surface area (Å²) in [6, 6.07) is 10.4. The van der Waals surface area contributed by atoms with E-state index < -0.39 is 0 Å². The van der Waals surface area contributed by atoms with Crippen LogP contribution in [-0.4, -0.2) is 53.2 Å². The third-order valence-electron chi connectivity index (χ3n) is 6.10. The van der Waals surface area contributed by atoms with Gasteiger partial charge in [-0.15, -0.1) is 0 Å². The minimum absolute atomic E-state index is 0.137. The van der Waals surface area contributed by atoms with Gasteiger partial charge in [-0.3, -0.25) is 9.48 Å². The van der Waals surface area contributed by atoms with Gasteiger partial charge in [0, 0.05) is 44.4 Å². The Kier molecular flexibility index (Phi) is 8.09. The van der Waals surface area contributed by atoms with Crippen LogP contribution in [-0.2, 0) is 17.9 Å². The molecule has 0 radical (unpaired) electrons. The van der Waals surface area contributed by atoms with Crippen molar-refractivity contribution in [3.8, 4) is 0 Å². The van der Waals surface area contributed by atoms with Crippen LogP contribution in [0.1, 0.15) is 48.7 Å². The van der Waals surface area contributed by atoms with Crippen molar-refractivity contribution >= 4 is 11.9 Å². The lowest BCUT2D eigenvalue weighted by Crippen LogP contribution is -2.46. The molecule has 1 saturated heterocycles. The molecule has 1 aromatic carbocycles. The van der Waals surface area contributed by atoms with Crippen molar-refractivity contribution in [2.45, 2.75) is 53.1 Å². The Morgan fingerprint density at radius 3 is 2.55 bits per heavy atom. The summed E-state index contributed by atoms with van der Waals surface area (Å²) < 4.78 is 2.08. The molecule has 7 nitrogen and oxygen atoms in total. The van der Waals surface area contributed by atoms with E-state index in [1.807, 2.05) is 6.07 Å². The van der Waals surface area contributed by atoms with Gasteiger partial charge in [0.25, 0.3) is 0 Å². The van der Waals surface area contributed by atoms with E-state index in [1.165, 1.54) is 16.8 Å². The first-order valence-corrected chi connectivity index (χ1v) is 11.3. The van der Waals surface area contributed by atoms with Crippen molar-refractivity contribution in [3.05, 3.63) is 52.8 Å². The summed E-state index contributed by atoms with van der Waals surface area (Å²) in [5.41, 5.74) is 4.65. The number of hydrogen-bond donors (Lipinski definition) is 2. The van der Waals surface area contributed by atoms with Gasteiger partial charge in [-0.1, -0.05) is 30.3 Å². The van der Waals surface area contributed by atoms with Gasteiger partial charge in [-0.05, 0) is 45.1 Å². The Morgan fingerprint density at radius 1 is 1.19 bits per heavy atom. The smallest absolute Gasteiger partial charge is 0.220 e. The number of nitrogens with one attached hydrogen (secondary N) is 2. The van der Waals surface area contributed by atoms with Crippen LogP contribution in [0.4, 0.5) is 0 Å². The maximum atomic E-state index is 11.7. The normalized spacial score (nSPS) is 15.2. The van der Waals surface area contributed by atoms with Crippen LogP contribution >= 0.6 is 0 Å². The lowest BCUT2D eigenvalue weighted by Gasteiger charge is -2.34. The first kappa shape index (κ1) is 22.8. The maximum Gasteiger partial charge on any atom is 0.220 e. The molecule has 1 fully saturated rings. The monoisotopic (exact) mass is 424 g/mol. The highest BCUT2D eigenvalue weighted by Gasteiger charge is 2.23. The standard InChI is InChI=1S/C24H36N6O/c1-5-26-24(29-13-11-20(12-14-29)15-23(31)25-4)27-16-22-18(2)28-30(19(22)3)17-21-9-7-6-8-10-21/h6-10,20H,5,11-17H2,1-4H3,(H,25,31)(H,26,27). The van der Waals surface area contributed by atoms with E-state index in [-0.39, 0.29) is 5.91 Å². The fourth-order valence-corrected chi connectivity index (χ4v) is 4.17. The molecule has 1 aromatic heterocycles. The van der Waals surface area contributed by atoms with E-state index in [0.29, 0.717) is 18.9 Å². The number of amides is 1. The zero-order valence-electron chi connectivity index (χ0n) is 19.3. The van der Waals surface area contributed by atoms with Crippen molar-refractivity contribution in [2.24, 2.45) is 10.9 Å². The summed E-state index contributed by atoms with van der Waals surface area (Å²) in [6.45, 7) is 10.4. The molecule has 3 rings (SSSR count). The third kappa shape index (κ3) is 6.09. The number of aromatic nitrogens is 2. The van der Waals surface area contributed by atoms with Crippen molar-refractivity contribution in [1.29, 1.82) is 0 Å². The molecule has 1 aliphatic heterocycles. The summed E-state index contributed by atoms with van der Waals surface area (Å²) >= 11 is 0. The van der Waals surface area contributed by atoms with Gasteiger partial charge < -0.3 is 15.5 Å². The van der Waals surface area contributed by atoms with E-state index in [1.54, 1.807) is 7.05 Å². The van der Waals surface area contributed by atoms with Crippen LogP contribution in [0.2, 0.25) is 0 Å². The number of carbonyl (C=O) groups excluding carboxylic acids is 1. The second-order valence-corrected chi connectivity index (χ2v) is 8.27. The van der Waals surface area contributed by atoms with E-state index in [4.69, 9.17) is 10.1 Å². The summed E-state index contributed by atoms with van der Waals surface area (Å²) in [5, 5.41) is 10.9. The van der Waals surface area contributed by atoms with Crippen LogP contribution in [0, 0.1) is 19.8 Å². The zero-order valence-corrected chi connectivity index (χ0v) is 19.3. The number of rotatable bonds is 7. The molecule has 0 unspecified atom stereocenters. The number of likely N-dealkylation sites (tertiary alicyclic amines) is 1. The first-order chi connectivity index (χ1) is 15.0. The van der Waals surface area contributed by atoms with Crippen LogP contribution in [0.25, 0.3) is 0 Å². The molecule has 0 bridgehead atoms. The lowest BCUT2D eigenvalue weighted by atomic mass is 9.93. The van der Waals surface area contributed by atoms with E-state index in [9.17, 15) is 4.79 Å². The van der Waals surface area contributed by atoms with Crippen molar-refractivity contribution < 1.29 is 4.79 Å². The highest BCUT2D eigenvalue weighted by Crippen LogP contribution is 2.21. The Balaban J connectivity index is 1.66. The Hall–Kier alpha value is -2.83. The highest BCUT2D eigenvalue weighted by atomic mass is 16.1. The number of piperidine rings is 1. The molecule has 168 valence electrons. The molecule has 2 aromatic rings. The molecular formula is C24H36N6O. The SMILES string of the molecule is CCNC(=NCc1c(C)nn(Cc2ccccc2)c1C)N1CCC(CC(=O)NC)CC1. The minimum atomic E-state index is 0.137. The largest absolute Gasteiger partial charge is 0.359 e. The van der Waals surface area contributed by atoms with Crippen molar-refractivity contribution in [2.75, 3.05) is 26.7 Å². The second kappa shape index (κ2) is 11.0. The number of nitrogens with zero attached hydrogens (tertiary/aromatic N) is 4. The minimum Gasteiger partial charge on any atom is -0.359 e. The molecule has 0 spiro atoms. The Labute approximate surface area is 185 Å². The van der Waals surface area contributed by atoms with Gasteiger partial charge in [0.15, 0.2) is 5.96 Å². The van der Waals surface area contributed by atoms with Crippen molar-refractivity contribution in [3.63, 3.8) is 0 Å². The number of aliphatic imine (C=N–C) groups is 1. The fraction of sp³-hybridized carbons (Fsp3) is 0.542. The van der Waals surface area contributed by atoms with Gasteiger partial charge >= 0.3 is 0 Å². The molecule has 2 heterocycles. The second-order valence-electron chi connectivity index (χ2n) is 8.27. The van der Waals surface area contributed by atoms with Gasteiger partial charge in [0.1, 0.15) is 0 Å². The molecule has 1 amide bonds. The fourth-order valence-electron chi connectivity index (χ4n) is 4.17. The van der Waals surface area contributed by atoms with E-state index in [2.05, 4.69) is 65.3 Å². The molecule has 31 heavy (non-hydrogen) atoms. The molecule has 2 N–H and O–H groups in total. The average Bonchev–Trinajstić information content (AvgIpc) is 3.04. The zero-order chi connectivity index (χ0) is 22.2. The molecule has 7 heteroatoms. The number of carbonyl (C=O) groups is 1. The summed E-state index contributed by atoms with van der Waals surface area (Å²) in [4.78, 5) is 18.9. The number of aryl methyl sites for hydroxylation is 1. The third-order valence-corrected chi connectivity index (χ3v) is 6.10. The molecular weight excluding hydrogens is 388 g/mol. The predicted molar refractivity (Wildman–Crippen MR) is 125 cm³/mol. The van der Waals surface area contributed by atoms with Gasteiger partial charge in [0.05, 0.1) is 18.8 Å². The van der Waals surface area contributed by atoms with Gasteiger partial charge in [0.2, 0.25) is 5.91 Å². The molecule has 0 aliphatic carbocycles. The maximum absolute atomic E-state index is 11.7. The summed E-state index contributed by atoms with van der Waals surface area (Å²) in [7, 11) is 1.71. The Bertz CT molecular complexity index is 881. The lowest BCUT2D eigenvalue weighted by molar-refractivity contribution is -0.121. The van der Waals surface area contributed by atoms with Crippen molar-refractivity contribution in [1.82, 2.24) is 25.3 Å². The summed E-state index contributed by atoms with van der Waals surface area (Å²) in [5.74, 6) is 1.55. The van der Waals surface area contributed by atoms with Crippen LogP contribution < -0.4 is 10.6 Å². The van der Waals surface area contributed by atoms with E-state index >= 15 is 0 Å².